The standard InChI is InChI=1S/C15H11ClFN3O4S/c16-25(23,24)13-7-11-9-18-19(15(11)14(8-13)20(21)22)6-5-10-1-3-12(17)4-2-10/h1-4,7-9H,5-6H2. The van der Waals surface area contributed by atoms with Gasteiger partial charge in [-0.25, -0.2) is 12.8 Å². The van der Waals surface area contributed by atoms with Crippen LogP contribution in [0.1, 0.15) is 5.56 Å². The fourth-order valence-corrected chi connectivity index (χ4v) is 3.31. The zero-order valence-corrected chi connectivity index (χ0v) is 14.2. The second kappa shape index (κ2) is 6.41. The summed E-state index contributed by atoms with van der Waals surface area (Å²) in [6, 6.07) is 8.06. The second-order valence-corrected chi connectivity index (χ2v) is 7.89. The Morgan fingerprint density at radius 2 is 1.92 bits per heavy atom. The maximum atomic E-state index is 12.9. The van der Waals surface area contributed by atoms with Crippen LogP contribution in [0.4, 0.5) is 10.1 Å². The highest BCUT2D eigenvalue weighted by atomic mass is 35.7. The minimum absolute atomic E-state index is 0.205. The molecule has 0 unspecified atom stereocenters. The van der Waals surface area contributed by atoms with Crippen LogP contribution in [0.25, 0.3) is 10.9 Å². The first kappa shape index (κ1) is 17.3. The fourth-order valence-electron chi connectivity index (χ4n) is 2.52. The van der Waals surface area contributed by atoms with E-state index in [4.69, 9.17) is 10.7 Å². The lowest BCUT2D eigenvalue weighted by Crippen LogP contribution is -2.05. The Bertz CT molecular complexity index is 1060. The van der Waals surface area contributed by atoms with Crippen molar-refractivity contribution in [3.05, 3.63) is 64.1 Å². The van der Waals surface area contributed by atoms with E-state index in [0.717, 1.165) is 11.6 Å². The maximum Gasteiger partial charge on any atom is 0.296 e. The van der Waals surface area contributed by atoms with E-state index >= 15 is 0 Å². The van der Waals surface area contributed by atoms with E-state index in [2.05, 4.69) is 5.10 Å². The number of nitro benzene ring substituents is 1. The molecule has 0 amide bonds. The number of fused-ring (bicyclic) bond motifs is 1. The van der Waals surface area contributed by atoms with Gasteiger partial charge in [0.05, 0.1) is 16.0 Å². The van der Waals surface area contributed by atoms with E-state index < -0.39 is 19.7 Å². The molecule has 0 aliphatic heterocycles. The molecule has 1 aromatic heterocycles. The van der Waals surface area contributed by atoms with E-state index in [1.165, 1.54) is 29.1 Å². The predicted octanol–water partition coefficient (Wildman–Crippen LogP) is 3.25. The van der Waals surface area contributed by atoms with Gasteiger partial charge >= 0.3 is 0 Å². The molecule has 0 spiro atoms. The topological polar surface area (TPSA) is 95.1 Å². The van der Waals surface area contributed by atoms with Crippen molar-refractivity contribution >= 4 is 36.3 Å². The van der Waals surface area contributed by atoms with Crippen molar-refractivity contribution in [1.82, 2.24) is 9.78 Å². The first-order valence-electron chi connectivity index (χ1n) is 7.09. The van der Waals surface area contributed by atoms with Crippen molar-refractivity contribution in [1.29, 1.82) is 0 Å². The van der Waals surface area contributed by atoms with Crippen molar-refractivity contribution in [3.8, 4) is 0 Å². The predicted molar refractivity (Wildman–Crippen MR) is 89.5 cm³/mol. The van der Waals surface area contributed by atoms with Gasteiger partial charge in [0, 0.05) is 28.7 Å². The quantitative estimate of drug-likeness (QED) is 0.383. The molecule has 0 radical (unpaired) electrons. The van der Waals surface area contributed by atoms with Crippen molar-refractivity contribution in [2.45, 2.75) is 17.9 Å². The molecule has 0 fully saturated rings. The van der Waals surface area contributed by atoms with Gasteiger partial charge in [-0.1, -0.05) is 12.1 Å². The van der Waals surface area contributed by atoms with Crippen LogP contribution in [-0.2, 0) is 22.0 Å². The van der Waals surface area contributed by atoms with Crippen molar-refractivity contribution < 1.29 is 17.7 Å². The highest BCUT2D eigenvalue weighted by Gasteiger charge is 2.23. The van der Waals surface area contributed by atoms with Gasteiger partial charge in [-0.3, -0.25) is 14.8 Å². The summed E-state index contributed by atoms with van der Waals surface area (Å²) in [5, 5.41) is 15.7. The molecule has 10 heteroatoms. The molecule has 0 N–H and O–H groups in total. The molecular weight excluding hydrogens is 373 g/mol. The molecule has 0 aliphatic carbocycles. The molecule has 0 atom stereocenters. The molecule has 0 saturated heterocycles. The molecule has 1 heterocycles. The number of aromatic nitrogens is 2. The minimum atomic E-state index is -4.11. The summed E-state index contributed by atoms with van der Waals surface area (Å²) in [6.45, 7) is 0.308. The van der Waals surface area contributed by atoms with Gasteiger partial charge in [0.2, 0.25) is 0 Å². The van der Waals surface area contributed by atoms with E-state index in [0.29, 0.717) is 18.4 Å². The number of nitrogens with zero attached hydrogens (tertiary/aromatic N) is 3. The van der Waals surface area contributed by atoms with Crippen LogP contribution in [0.2, 0.25) is 0 Å². The summed E-state index contributed by atoms with van der Waals surface area (Å²) < 4.78 is 37.3. The van der Waals surface area contributed by atoms with Gasteiger partial charge in [-0.05, 0) is 30.2 Å². The number of benzene rings is 2. The Labute approximate surface area is 146 Å². The van der Waals surface area contributed by atoms with Crippen LogP contribution < -0.4 is 0 Å². The summed E-state index contributed by atoms with van der Waals surface area (Å²) in [6.07, 6.45) is 1.82. The molecule has 25 heavy (non-hydrogen) atoms. The van der Waals surface area contributed by atoms with Crippen LogP contribution in [0, 0.1) is 15.9 Å². The van der Waals surface area contributed by atoms with Gasteiger partial charge in [0.1, 0.15) is 11.3 Å². The first-order valence-corrected chi connectivity index (χ1v) is 9.40. The number of rotatable bonds is 5. The Hall–Kier alpha value is -2.52. The number of non-ortho nitro benzene ring substituents is 1. The lowest BCUT2D eigenvalue weighted by Gasteiger charge is -2.05. The van der Waals surface area contributed by atoms with Gasteiger partial charge < -0.3 is 0 Å². The number of halogens is 2. The Kier molecular flexibility index (Phi) is 4.44. The van der Waals surface area contributed by atoms with Crippen molar-refractivity contribution in [3.63, 3.8) is 0 Å². The van der Waals surface area contributed by atoms with Gasteiger partial charge in [0.25, 0.3) is 14.7 Å². The average molecular weight is 384 g/mol. The van der Waals surface area contributed by atoms with Crippen LogP contribution >= 0.6 is 10.7 Å². The highest BCUT2D eigenvalue weighted by Crippen LogP contribution is 2.31. The first-order chi connectivity index (χ1) is 11.8. The molecule has 3 rings (SSSR count). The Balaban J connectivity index is 2.02. The highest BCUT2D eigenvalue weighted by molar-refractivity contribution is 8.13. The number of nitro groups is 1. The maximum absolute atomic E-state index is 12.9. The summed E-state index contributed by atoms with van der Waals surface area (Å²) in [4.78, 5) is 10.3. The van der Waals surface area contributed by atoms with Crippen LogP contribution in [0.3, 0.4) is 0 Å². The van der Waals surface area contributed by atoms with Gasteiger partial charge in [0.15, 0.2) is 0 Å². The third-order valence-corrected chi connectivity index (χ3v) is 5.02. The molecule has 2 aromatic carbocycles. The smallest absolute Gasteiger partial charge is 0.258 e. The normalized spacial score (nSPS) is 11.8. The average Bonchev–Trinajstić information content (AvgIpc) is 2.95. The number of hydrogen-bond donors (Lipinski definition) is 0. The van der Waals surface area contributed by atoms with Crippen molar-refractivity contribution in [2.75, 3.05) is 0 Å². The summed E-state index contributed by atoms with van der Waals surface area (Å²) in [5.41, 5.74) is 0.650. The van der Waals surface area contributed by atoms with Crippen LogP contribution in [0.5, 0.6) is 0 Å². The number of hydrogen-bond acceptors (Lipinski definition) is 5. The summed E-state index contributed by atoms with van der Waals surface area (Å²) in [5.74, 6) is -0.348. The van der Waals surface area contributed by atoms with Crippen LogP contribution in [0.15, 0.2) is 47.5 Å². The van der Waals surface area contributed by atoms with E-state index in [9.17, 15) is 22.9 Å². The third-order valence-electron chi connectivity index (χ3n) is 3.69. The Morgan fingerprint density at radius 1 is 1.24 bits per heavy atom. The van der Waals surface area contributed by atoms with E-state index in [1.54, 1.807) is 12.1 Å². The van der Waals surface area contributed by atoms with Gasteiger partial charge in [-0.15, -0.1) is 0 Å². The largest absolute Gasteiger partial charge is 0.296 e. The fraction of sp³-hybridized carbons (Fsp3) is 0.133. The zero-order chi connectivity index (χ0) is 18.2. The summed E-state index contributed by atoms with van der Waals surface area (Å²) in [7, 11) is 1.18. The number of aryl methyl sites for hydroxylation is 2. The molecule has 0 bridgehead atoms. The minimum Gasteiger partial charge on any atom is -0.258 e. The van der Waals surface area contributed by atoms with Gasteiger partial charge in [-0.2, -0.15) is 5.10 Å². The molecule has 0 saturated carbocycles. The lowest BCUT2D eigenvalue weighted by atomic mass is 10.1. The molecule has 7 nitrogen and oxygen atoms in total. The SMILES string of the molecule is O=[N+]([O-])c1cc(S(=O)(=O)Cl)cc2cnn(CCc3ccc(F)cc3)c12. The van der Waals surface area contributed by atoms with E-state index in [-0.39, 0.29) is 16.2 Å². The second-order valence-electron chi connectivity index (χ2n) is 5.32. The lowest BCUT2D eigenvalue weighted by molar-refractivity contribution is -0.383. The molecule has 0 aliphatic rings. The molecule has 3 aromatic rings. The third kappa shape index (κ3) is 3.62. The summed E-state index contributed by atoms with van der Waals surface area (Å²) >= 11 is 0. The van der Waals surface area contributed by atoms with Crippen LogP contribution in [-0.4, -0.2) is 23.1 Å². The Morgan fingerprint density at radius 3 is 2.52 bits per heavy atom. The van der Waals surface area contributed by atoms with Crippen molar-refractivity contribution in [2.24, 2.45) is 0 Å². The monoisotopic (exact) mass is 383 g/mol. The molecular formula is C15H11ClFN3O4S. The molecule has 130 valence electrons. The zero-order valence-electron chi connectivity index (χ0n) is 12.6. The van der Waals surface area contributed by atoms with E-state index in [1.807, 2.05) is 0 Å².